The molecular formula is C26H33F2N5O4S2. The van der Waals surface area contributed by atoms with Crippen LogP contribution in [0.25, 0.3) is 10.4 Å². The van der Waals surface area contributed by atoms with Crippen LogP contribution in [0.3, 0.4) is 0 Å². The van der Waals surface area contributed by atoms with Gasteiger partial charge in [-0.15, -0.1) is 11.3 Å². The molecule has 9 nitrogen and oxygen atoms in total. The maximum atomic E-state index is 14.3. The molecule has 212 valence electrons. The van der Waals surface area contributed by atoms with Gasteiger partial charge in [0, 0.05) is 48.2 Å². The van der Waals surface area contributed by atoms with Crippen molar-refractivity contribution >= 4 is 38.8 Å². The Morgan fingerprint density at radius 1 is 1.13 bits per heavy atom. The van der Waals surface area contributed by atoms with E-state index in [1.165, 1.54) is 18.5 Å². The molecule has 1 atom stereocenters. The summed E-state index contributed by atoms with van der Waals surface area (Å²) in [4.78, 5) is 37.2. The lowest BCUT2D eigenvalue weighted by Gasteiger charge is -2.34. The zero-order valence-corrected chi connectivity index (χ0v) is 23.6. The Morgan fingerprint density at radius 2 is 1.85 bits per heavy atom. The van der Waals surface area contributed by atoms with E-state index in [0.29, 0.717) is 25.2 Å². The molecule has 3 heterocycles. The minimum atomic E-state index is -3.19. The molecule has 2 N–H and O–H groups in total. The highest BCUT2D eigenvalue weighted by Crippen LogP contribution is 2.39. The van der Waals surface area contributed by atoms with Gasteiger partial charge in [0.15, 0.2) is 5.01 Å². The smallest absolute Gasteiger partial charge is 0.280 e. The van der Waals surface area contributed by atoms with E-state index in [1.807, 2.05) is 6.92 Å². The van der Waals surface area contributed by atoms with Crippen molar-refractivity contribution in [1.29, 1.82) is 0 Å². The van der Waals surface area contributed by atoms with Gasteiger partial charge in [-0.25, -0.2) is 27.2 Å². The lowest BCUT2D eigenvalue weighted by molar-refractivity contribution is 0.0743. The van der Waals surface area contributed by atoms with Gasteiger partial charge in [-0.2, -0.15) is 0 Å². The zero-order valence-electron chi connectivity index (χ0n) is 22.0. The number of alkyl halides is 2. The zero-order chi connectivity index (χ0) is 27.9. The number of sulfone groups is 1. The molecule has 0 bridgehead atoms. The lowest BCUT2D eigenvalue weighted by Crippen LogP contribution is -2.49. The fourth-order valence-electron chi connectivity index (χ4n) is 5.60. The number of pyridine rings is 1. The molecule has 2 aromatic heterocycles. The fourth-order valence-corrected chi connectivity index (χ4v) is 7.75. The molecule has 39 heavy (non-hydrogen) atoms. The highest BCUT2D eigenvalue weighted by atomic mass is 32.2. The van der Waals surface area contributed by atoms with Gasteiger partial charge >= 0.3 is 0 Å². The normalized spacial score (nSPS) is 23.7. The summed E-state index contributed by atoms with van der Waals surface area (Å²) in [5.74, 6) is -0.604. The monoisotopic (exact) mass is 581 g/mol. The van der Waals surface area contributed by atoms with Crippen LogP contribution in [0.4, 0.5) is 14.6 Å². The van der Waals surface area contributed by atoms with Crippen molar-refractivity contribution in [3.8, 4) is 10.4 Å². The number of carbonyl (C=O) groups is 2. The number of amides is 2. The summed E-state index contributed by atoms with van der Waals surface area (Å²) in [6.45, 7) is 2.45. The summed E-state index contributed by atoms with van der Waals surface area (Å²) >= 11 is 0.880. The van der Waals surface area contributed by atoms with Crippen molar-refractivity contribution in [2.75, 3.05) is 18.1 Å². The van der Waals surface area contributed by atoms with E-state index in [9.17, 15) is 26.8 Å². The Bertz CT molecular complexity index is 1350. The van der Waals surface area contributed by atoms with Crippen LogP contribution < -0.4 is 10.6 Å². The Hall–Kier alpha value is -2.67. The predicted molar refractivity (Wildman–Crippen MR) is 145 cm³/mol. The molecule has 5 rings (SSSR count). The molecule has 0 radical (unpaired) electrons. The molecule has 2 aliphatic carbocycles. The first-order valence-corrected chi connectivity index (χ1v) is 16.1. The van der Waals surface area contributed by atoms with Crippen molar-refractivity contribution in [2.24, 2.45) is 0 Å². The standard InChI is InChI=1S/C26H33F2N5O4S2/c1-14-6-5-9-33(14)26(35)21-22(38-25(32-21)24(34)31-16-10-17(11-16)39(2,36)37)19-13-29-20(12-18(19)23(27)28)30-15-7-3-4-8-15/h12-17,23H,3-11H2,1-2H3,(H,29,30)(H,31,34)/t14-,16?,17?/m0/s1. The van der Waals surface area contributed by atoms with E-state index < -0.39 is 33.3 Å². The van der Waals surface area contributed by atoms with Crippen LogP contribution in [0, 0.1) is 0 Å². The van der Waals surface area contributed by atoms with Crippen LogP contribution >= 0.6 is 11.3 Å². The number of likely N-dealkylation sites (tertiary alicyclic amines) is 1. The van der Waals surface area contributed by atoms with Gasteiger partial charge in [0.1, 0.15) is 21.3 Å². The molecule has 2 amide bonds. The summed E-state index contributed by atoms with van der Waals surface area (Å²) in [5, 5.41) is 5.48. The highest BCUT2D eigenvalue weighted by Gasteiger charge is 2.38. The molecule has 3 aliphatic rings. The largest absolute Gasteiger partial charge is 0.367 e. The molecule has 3 fully saturated rings. The van der Waals surface area contributed by atoms with Gasteiger partial charge in [-0.05, 0) is 51.5 Å². The van der Waals surface area contributed by atoms with E-state index in [-0.39, 0.29) is 44.8 Å². The van der Waals surface area contributed by atoms with Crippen molar-refractivity contribution in [3.63, 3.8) is 0 Å². The first-order chi connectivity index (χ1) is 18.5. The molecule has 1 aliphatic heterocycles. The van der Waals surface area contributed by atoms with Gasteiger partial charge in [0.05, 0.1) is 10.1 Å². The minimum Gasteiger partial charge on any atom is -0.367 e. The summed E-state index contributed by atoms with van der Waals surface area (Å²) in [6, 6.07) is 1.15. The van der Waals surface area contributed by atoms with Crippen molar-refractivity contribution in [3.05, 3.63) is 28.5 Å². The maximum absolute atomic E-state index is 14.3. The molecular weight excluding hydrogens is 548 g/mol. The number of thiazole rings is 1. The van der Waals surface area contributed by atoms with Crippen molar-refractivity contribution in [2.45, 2.75) is 88.1 Å². The lowest BCUT2D eigenvalue weighted by atomic mass is 9.92. The second kappa shape index (κ2) is 11.1. The number of halogens is 2. The van der Waals surface area contributed by atoms with Crippen LogP contribution in [-0.4, -0.2) is 71.3 Å². The molecule has 1 saturated heterocycles. The highest BCUT2D eigenvalue weighted by molar-refractivity contribution is 7.91. The summed E-state index contributed by atoms with van der Waals surface area (Å²) < 4.78 is 52.1. The number of anilines is 1. The van der Waals surface area contributed by atoms with E-state index in [4.69, 9.17) is 0 Å². The predicted octanol–water partition coefficient (Wildman–Crippen LogP) is 4.43. The van der Waals surface area contributed by atoms with Crippen LogP contribution in [0.2, 0.25) is 0 Å². The fraction of sp³-hybridized carbons (Fsp3) is 0.615. The first-order valence-electron chi connectivity index (χ1n) is 13.4. The van der Waals surface area contributed by atoms with E-state index in [0.717, 1.165) is 49.9 Å². The number of rotatable bonds is 8. The van der Waals surface area contributed by atoms with Crippen LogP contribution in [0.15, 0.2) is 12.3 Å². The molecule has 0 spiro atoms. The third kappa shape index (κ3) is 5.93. The molecule has 0 aromatic carbocycles. The number of hydrogen-bond acceptors (Lipinski definition) is 8. The molecule has 2 aromatic rings. The van der Waals surface area contributed by atoms with Crippen molar-refractivity contribution < 1.29 is 26.8 Å². The third-order valence-electron chi connectivity index (χ3n) is 8.00. The Kier molecular flexibility index (Phi) is 7.91. The van der Waals surface area contributed by atoms with Gasteiger partial charge < -0.3 is 15.5 Å². The average molecular weight is 582 g/mol. The summed E-state index contributed by atoms with van der Waals surface area (Å²) in [5.41, 5.74) is -0.240. The van der Waals surface area contributed by atoms with E-state index in [1.54, 1.807) is 4.90 Å². The third-order valence-corrected chi connectivity index (χ3v) is 10.7. The topological polar surface area (TPSA) is 121 Å². The summed E-state index contributed by atoms with van der Waals surface area (Å²) in [7, 11) is -3.19. The van der Waals surface area contributed by atoms with Crippen molar-refractivity contribution in [1.82, 2.24) is 20.2 Å². The van der Waals surface area contributed by atoms with Gasteiger partial charge in [0.2, 0.25) is 0 Å². The van der Waals surface area contributed by atoms with Crippen LogP contribution in [0.5, 0.6) is 0 Å². The SMILES string of the molecule is C[C@H]1CCCN1C(=O)c1nc(C(=O)NC2CC(S(C)(=O)=O)C2)sc1-c1cnc(NC2CCCC2)cc1C(F)F. The Morgan fingerprint density at radius 3 is 2.46 bits per heavy atom. The van der Waals surface area contributed by atoms with Gasteiger partial charge in [-0.3, -0.25) is 9.59 Å². The van der Waals surface area contributed by atoms with Crippen LogP contribution in [0.1, 0.15) is 90.6 Å². The maximum Gasteiger partial charge on any atom is 0.280 e. The van der Waals surface area contributed by atoms with E-state index >= 15 is 0 Å². The van der Waals surface area contributed by atoms with Crippen LogP contribution in [-0.2, 0) is 9.84 Å². The second-order valence-electron chi connectivity index (χ2n) is 10.9. The number of aromatic nitrogens is 2. The molecule has 0 unspecified atom stereocenters. The number of carbonyl (C=O) groups excluding carboxylic acids is 2. The number of hydrogen-bond donors (Lipinski definition) is 2. The van der Waals surface area contributed by atoms with Gasteiger partial charge in [-0.1, -0.05) is 12.8 Å². The Labute approximate surface area is 230 Å². The van der Waals surface area contributed by atoms with Gasteiger partial charge in [0.25, 0.3) is 18.2 Å². The minimum absolute atomic E-state index is 0.0297. The summed E-state index contributed by atoms with van der Waals surface area (Å²) in [6.07, 6.45) is 6.01. The molecule has 2 saturated carbocycles. The first kappa shape index (κ1) is 27.9. The van der Waals surface area contributed by atoms with E-state index in [2.05, 4.69) is 20.6 Å². The Balaban J connectivity index is 1.46. The number of nitrogens with zero attached hydrogens (tertiary/aromatic N) is 3. The molecule has 13 heteroatoms. The average Bonchev–Trinajstić information content (AvgIpc) is 3.61. The quantitative estimate of drug-likeness (QED) is 0.473. The number of nitrogens with one attached hydrogen (secondary N) is 2. The second-order valence-corrected chi connectivity index (χ2v) is 14.2.